The maximum atomic E-state index is 12.4. The molecule has 4 nitrogen and oxygen atoms in total. The van der Waals surface area contributed by atoms with Crippen molar-refractivity contribution >= 4 is 5.91 Å². The number of hydrogen-bond acceptors (Lipinski definition) is 2. The van der Waals surface area contributed by atoms with E-state index in [1.54, 1.807) is 6.07 Å². The lowest BCUT2D eigenvalue weighted by atomic mass is 10.1. The first-order valence-corrected chi connectivity index (χ1v) is 7.27. The van der Waals surface area contributed by atoms with Crippen LogP contribution in [0.2, 0.25) is 0 Å². The van der Waals surface area contributed by atoms with Gasteiger partial charge in [-0.2, -0.15) is 0 Å². The summed E-state index contributed by atoms with van der Waals surface area (Å²) in [5, 5.41) is 3.08. The Bertz CT molecular complexity index is 709. The first-order valence-electron chi connectivity index (χ1n) is 7.27. The summed E-state index contributed by atoms with van der Waals surface area (Å²) in [4.78, 5) is 26.5. The van der Waals surface area contributed by atoms with Gasteiger partial charge in [-0.25, -0.2) is 0 Å². The number of H-pyrrole nitrogens is 1. The number of aromatic nitrogens is 1. The zero-order chi connectivity index (χ0) is 14.8. The molecule has 0 fully saturated rings. The molecule has 1 amide bonds. The molecule has 108 valence electrons. The Labute approximate surface area is 123 Å². The summed E-state index contributed by atoms with van der Waals surface area (Å²) in [5.74, 6) is -0.110. The van der Waals surface area contributed by atoms with E-state index in [-0.39, 0.29) is 17.5 Å². The third-order valence-electron chi connectivity index (χ3n) is 3.98. The van der Waals surface area contributed by atoms with E-state index < -0.39 is 0 Å². The van der Waals surface area contributed by atoms with Crippen molar-refractivity contribution in [1.29, 1.82) is 0 Å². The van der Waals surface area contributed by atoms with Crippen LogP contribution in [0.5, 0.6) is 0 Å². The molecule has 4 heteroatoms. The molecular formula is C17H18N2O2. The SMILES string of the molecule is CCc1[nH]c(=O)ccc1C(=O)NC1Cc2ccccc2C1. The van der Waals surface area contributed by atoms with E-state index in [9.17, 15) is 9.59 Å². The molecule has 0 aliphatic heterocycles. The minimum atomic E-state index is -0.170. The van der Waals surface area contributed by atoms with Crippen molar-refractivity contribution in [2.75, 3.05) is 0 Å². The predicted molar refractivity (Wildman–Crippen MR) is 81.5 cm³/mol. The summed E-state index contributed by atoms with van der Waals surface area (Å²) in [6.45, 7) is 1.92. The monoisotopic (exact) mass is 282 g/mol. The van der Waals surface area contributed by atoms with Gasteiger partial charge in [-0.1, -0.05) is 31.2 Å². The maximum absolute atomic E-state index is 12.4. The van der Waals surface area contributed by atoms with Crippen LogP contribution in [0.3, 0.4) is 0 Å². The van der Waals surface area contributed by atoms with Gasteiger partial charge in [0.25, 0.3) is 5.91 Å². The number of aromatic amines is 1. The van der Waals surface area contributed by atoms with Gasteiger partial charge in [0.1, 0.15) is 0 Å². The van der Waals surface area contributed by atoms with E-state index in [0.29, 0.717) is 17.7 Å². The molecule has 1 aromatic heterocycles. The number of pyridine rings is 1. The molecule has 0 bridgehead atoms. The van der Waals surface area contributed by atoms with Crippen LogP contribution in [0.15, 0.2) is 41.2 Å². The van der Waals surface area contributed by atoms with Crippen molar-refractivity contribution in [3.05, 3.63) is 69.1 Å². The smallest absolute Gasteiger partial charge is 0.253 e. The van der Waals surface area contributed by atoms with Crippen LogP contribution in [0.4, 0.5) is 0 Å². The second-order valence-electron chi connectivity index (χ2n) is 5.42. The van der Waals surface area contributed by atoms with Gasteiger partial charge in [0, 0.05) is 17.8 Å². The van der Waals surface area contributed by atoms with E-state index in [1.165, 1.54) is 17.2 Å². The molecule has 21 heavy (non-hydrogen) atoms. The lowest BCUT2D eigenvalue weighted by Gasteiger charge is -2.13. The Morgan fingerprint density at radius 1 is 1.19 bits per heavy atom. The fourth-order valence-electron chi connectivity index (χ4n) is 2.93. The quantitative estimate of drug-likeness (QED) is 0.902. The highest BCUT2D eigenvalue weighted by atomic mass is 16.2. The van der Waals surface area contributed by atoms with Crippen LogP contribution in [0, 0.1) is 0 Å². The van der Waals surface area contributed by atoms with Gasteiger partial charge in [0.2, 0.25) is 5.56 Å². The molecule has 0 saturated carbocycles. The third kappa shape index (κ3) is 2.75. The Morgan fingerprint density at radius 2 is 1.86 bits per heavy atom. The molecule has 1 aromatic carbocycles. The van der Waals surface area contributed by atoms with Crippen LogP contribution in [0.25, 0.3) is 0 Å². The van der Waals surface area contributed by atoms with Crippen molar-refractivity contribution in [2.45, 2.75) is 32.2 Å². The van der Waals surface area contributed by atoms with E-state index in [4.69, 9.17) is 0 Å². The Morgan fingerprint density at radius 3 is 2.48 bits per heavy atom. The second kappa shape index (κ2) is 5.56. The molecule has 2 N–H and O–H groups in total. The van der Waals surface area contributed by atoms with Crippen LogP contribution in [0.1, 0.15) is 34.1 Å². The van der Waals surface area contributed by atoms with Gasteiger partial charge >= 0.3 is 0 Å². The molecule has 1 aliphatic carbocycles. The largest absolute Gasteiger partial charge is 0.349 e. The molecule has 0 spiro atoms. The maximum Gasteiger partial charge on any atom is 0.253 e. The third-order valence-corrected chi connectivity index (χ3v) is 3.98. The topological polar surface area (TPSA) is 62.0 Å². The number of carbonyl (C=O) groups excluding carboxylic acids is 1. The van der Waals surface area contributed by atoms with Gasteiger partial charge in [-0.15, -0.1) is 0 Å². The Hall–Kier alpha value is -2.36. The lowest BCUT2D eigenvalue weighted by Crippen LogP contribution is -2.36. The van der Waals surface area contributed by atoms with Crippen LogP contribution < -0.4 is 10.9 Å². The van der Waals surface area contributed by atoms with Gasteiger partial charge in [-0.3, -0.25) is 9.59 Å². The van der Waals surface area contributed by atoms with Gasteiger partial charge in [-0.05, 0) is 36.5 Å². The molecule has 3 rings (SSSR count). The highest BCUT2D eigenvalue weighted by molar-refractivity contribution is 5.95. The van der Waals surface area contributed by atoms with Crippen LogP contribution in [-0.4, -0.2) is 16.9 Å². The number of nitrogens with one attached hydrogen (secondary N) is 2. The minimum Gasteiger partial charge on any atom is -0.349 e. The summed E-state index contributed by atoms with van der Waals surface area (Å²) < 4.78 is 0. The van der Waals surface area contributed by atoms with Gasteiger partial charge < -0.3 is 10.3 Å². The standard InChI is InChI=1S/C17H18N2O2/c1-2-15-14(7-8-16(20)19-15)17(21)18-13-9-11-5-3-4-6-12(11)10-13/h3-8,13H,2,9-10H2,1H3,(H,18,21)(H,19,20). The highest BCUT2D eigenvalue weighted by Crippen LogP contribution is 2.22. The van der Waals surface area contributed by atoms with E-state index in [1.807, 2.05) is 19.1 Å². The molecular weight excluding hydrogens is 264 g/mol. The number of rotatable bonds is 3. The molecule has 1 heterocycles. The highest BCUT2D eigenvalue weighted by Gasteiger charge is 2.23. The second-order valence-corrected chi connectivity index (χ2v) is 5.42. The number of benzene rings is 1. The fourth-order valence-corrected chi connectivity index (χ4v) is 2.93. The first kappa shape index (κ1) is 13.6. The normalized spacial score (nSPS) is 14.0. The van der Waals surface area contributed by atoms with E-state index in [0.717, 1.165) is 12.8 Å². The first-order chi connectivity index (χ1) is 10.2. The Balaban J connectivity index is 1.75. The number of carbonyl (C=O) groups is 1. The van der Waals surface area contributed by atoms with Crippen molar-refractivity contribution < 1.29 is 4.79 Å². The number of fused-ring (bicyclic) bond motifs is 1. The molecule has 2 aromatic rings. The van der Waals surface area contributed by atoms with Crippen LogP contribution >= 0.6 is 0 Å². The van der Waals surface area contributed by atoms with Crippen molar-refractivity contribution in [3.8, 4) is 0 Å². The molecule has 0 atom stereocenters. The van der Waals surface area contributed by atoms with E-state index in [2.05, 4.69) is 22.4 Å². The van der Waals surface area contributed by atoms with Crippen LogP contribution in [-0.2, 0) is 19.3 Å². The summed E-state index contributed by atoms with van der Waals surface area (Å²) in [5.41, 5.74) is 3.69. The average molecular weight is 282 g/mol. The van der Waals surface area contributed by atoms with E-state index >= 15 is 0 Å². The minimum absolute atomic E-state index is 0.110. The lowest BCUT2D eigenvalue weighted by molar-refractivity contribution is 0.0937. The number of hydrogen-bond donors (Lipinski definition) is 2. The molecule has 1 aliphatic rings. The molecule has 0 saturated heterocycles. The van der Waals surface area contributed by atoms with Gasteiger partial charge in [0.15, 0.2) is 0 Å². The van der Waals surface area contributed by atoms with Crippen molar-refractivity contribution in [1.82, 2.24) is 10.3 Å². The number of amides is 1. The summed E-state index contributed by atoms with van der Waals surface area (Å²) in [6.07, 6.45) is 2.36. The van der Waals surface area contributed by atoms with Crippen molar-refractivity contribution in [2.24, 2.45) is 0 Å². The zero-order valence-electron chi connectivity index (χ0n) is 12.0. The summed E-state index contributed by atoms with van der Waals surface area (Å²) in [7, 11) is 0. The molecule has 0 radical (unpaired) electrons. The van der Waals surface area contributed by atoms with Gasteiger partial charge in [0.05, 0.1) is 5.56 Å². The summed E-state index contributed by atoms with van der Waals surface area (Å²) >= 11 is 0. The molecule has 0 unspecified atom stereocenters. The Kier molecular flexibility index (Phi) is 3.60. The average Bonchev–Trinajstić information content (AvgIpc) is 2.88. The van der Waals surface area contributed by atoms with Crippen molar-refractivity contribution in [3.63, 3.8) is 0 Å². The number of aryl methyl sites for hydroxylation is 1. The fraction of sp³-hybridized carbons (Fsp3) is 0.294. The predicted octanol–water partition coefficient (Wildman–Crippen LogP) is 1.83. The summed E-state index contributed by atoms with van der Waals surface area (Å²) in [6, 6.07) is 11.4. The zero-order valence-corrected chi connectivity index (χ0v) is 12.0.